The van der Waals surface area contributed by atoms with Crippen molar-refractivity contribution in [3.05, 3.63) is 65.5 Å². The third kappa shape index (κ3) is 4.68. The summed E-state index contributed by atoms with van der Waals surface area (Å²) >= 11 is 0. The van der Waals surface area contributed by atoms with Gasteiger partial charge in [0, 0.05) is 18.4 Å². The van der Waals surface area contributed by atoms with Crippen LogP contribution in [0.2, 0.25) is 0 Å². The number of hydrogen-bond donors (Lipinski definition) is 2. The maximum atomic E-state index is 12.8. The summed E-state index contributed by atoms with van der Waals surface area (Å²) in [6, 6.07) is 12.4. The second kappa shape index (κ2) is 8.92. The van der Waals surface area contributed by atoms with Gasteiger partial charge in [-0.1, -0.05) is 24.3 Å². The van der Waals surface area contributed by atoms with Crippen LogP contribution in [0.3, 0.4) is 0 Å². The molecule has 1 aromatic heterocycles. The molecule has 5 nitrogen and oxygen atoms in total. The van der Waals surface area contributed by atoms with E-state index in [1.165, 1.54) is 5.56 Å². The Kier molecular flexibility index (Phi) is 6.36. The Morgan fingerprint density at radius 3 is 2.62 bits per heavy atom. The van der Waals surface area contributed by atoms with E-state index in [4.69, 9.17) is 0 Å². The molecule has 2 aromatic rings. The normalized spacial score (nSPS) is 16.4. The zero-order valence-electron chi connectivity index (χ0n) is 15.6. The van der Waals surface area contributed by atoms with Gasteiger partial charge in [0.15, 0.2) is 0 Å². The van der Waals surface area contributed by atoms with Gasteiger partial charge in [0.05, 0.1) is 12.6 Å². The highest BCUT2D eigenvalue weighted by atomic mass is 16.2. The highest BCUT2D eigenvalue weighted by molar-refractivity contribution is 5.79. The Balaban J connectivity index is 1.73. The first-order valence-corrected chi connectivity index (χ1v) is 9.31. The van der Waals surface area contributed by atoms with Crippen LogP contribution < -0.4 is 10.6 Å². The van der Waals surface area contributed by atoms with E-state index in [9.17, 15) is 4.79 Å². The van der Waals surface area contributed by atoms with Gasteiger partial charge in [-0.2, -0.15) is 0 Å². The largest absolute Gasteiger partial charge is 0.344 e. The van der Waals surface area contributed by atoms with E-state index in [-0.39, 0.29) is 11.9 Å². The van der Waals surface area contributed by atoms with Gasteiger partial charge in [-0.3, -0.25) is 14.7 Å². The molecule has 1 fully saturated rings. The highest BCUT2D eigenvalue weighted by Crippen LogP contribution is 2.24. The number of nitrogens with zero attached hydrogens (tertiary/aromatic N) is 2. The number of aromatic nitrogens is 1. The van der Waals surface area contributed by atoms with Gasteiger partial charge in [0.1, 0.15) is 0 Å². The van der Waals surface area contributed by atoms with Gasteiger partial charge < -0.3 is 10.6 Å². The Labute approximate surface area is 155 Å². The van der Waals surface area contributed by atoms with E-state index in [0.717, 1.165) is 37.1 Å². The molecule has 1 aromatic carbocycles. The van der Waals surface area contributed by atoms with Crippen molar-refractivity contribution in [3.63, 3.8) is 0 Å². The summed E-state index contributed by atoms with van der Waals surface area (Å²) in [7, 11) is 2.05. The third-order valence-corrected chi connectivity index (χ3v) is 5.17. The van der Waals surface area contributed by atoms with Crippen LogP contribution in [0, 0.1) is 6.92 Å². The van der Waals surface area contributed by atoms with E-state index in [1.807, 2.05) is 31.3 Å². The SMILES string of the molecule is Cc1ccccc1[C@@H](NC(=O)CN(C)C1CCNCC1)c1ccncc1. The van der Waals surface area contributed by atoms with E-state index in [2.05, 4.69) is 39.6 Å². The quantitative estimate of drug-likeness (QED) is 0.837. The maximum Gasteiger partial charge on any atom is 0.234 e. The highest BCUT2D eigenvalue weighted by Gasteiger charge is 2.22. The summed E-state index contributed by atoms with van der Waals surface area (Å²) < 4.78 is 0. The molecule has 1 atom stereocenters. The lowest BCUT2D eigenvalue weighted by Crippen LogP contribution is -2.46. The molecule has 1 aliphatic heterocycles. The van der Waals surface area contributed by atoms with Gasteiger partial charge in [-0.25, -0.2) is 0 Å². The number of aryl methyl sites for hydroxylation is 1. The van der Waals surface area contributed by atoms with Crippen LogP contribution in [0.1, 0.15) is 35.6 Å². The zero-order valence-corrected chi connectivity index (χ0v) is 15.6. The van der Waals surface area contributed by atoms with Crippen LogP contribution in [-0.2, 0) is 4.79 Å². The molecule has 0 radical (unpaired) electrons. The number of amides is 1. The zero-order chi connectivity index (χ0) is 18.4. The molecule has 1 saturated heterocycles. The van der Waals surface area contributed by atoms with E-state index < -0.39 is 0 Å². The fourth-order valence-electron chi connectivity index (χ4n) is 3.62. The average Bonchev–Trinajstić information content (AvgIpc) is 2.68. The molecular weight excluding hydrogens is 324 g/mol. The number of rotatable bonds is 6. The molecule has 0 bridgehead atoms. The lowest BCUT2D eigenvalue weighted by molar-refractivity contribution is -0.123. The number of carbonyl (C=O) groups excluding carboxylic acids is 1. The van der Waals surface area contributed by atoms with Gasteiger partial charge in [-0.05, 0) is 68.7 Å². The summed E-state index contributed by atoms with van der Waals surface area (Å²) in [5.74, 6) is 0.0519. The van der Waals surface area contributed by atoms with E-state index >= 15 is 0 Å². The summed E-state index contributed by atoms with van der Waals surface area (Å²) in [4.78, 5) is 19.1. The topological polar surface area (TPSA) is 57.3 Å². The molecule has 3 rings (SSSR count). The second-order valence-corrected chi connectivity index (χ2v) is 7.03. The van der Waals surface area contributed by atoms with Crippen molar-refractivity contribution in [1.82, 2.24) is 20.5 Å². The Morgan fingerprint density at radius 2 is 1.92 bits per heavy atom. The lowest BCUT2D eigenvalue weighted by Gasteiger charge is -2.31. The summed E-state index contributed by atoms with van der Waals surface area (Å²) in [5.41, 5.74) is 3.34. The first-order valence-electron chi connectivity index (χ1n) is 9.31. The average molecular weight is 352 g/mol. The van der Waals surface area contributed by atoms with Crippen LogP contribution >= 0.6 is 0 Å². The van der Waals surface area contributed by atoms with Crippen molar-refractivity contribution in [2.75, 3.05) is 26.7 Å². The van der Waals surface area contributed by atoms with Crippen molar-refractivity contribution in [2.45, 2.75) is 31.8 Å². The molecule has 26 heavy (non-hydrogen) atoms. The summed E-state index contributed by atoms with van der Waals surface area (Å²) in [6.45, 7) is 4.55. The Bertz CT molecular complexity index is 713. The second-order valence-electron chi connectivity index (χ2n) is 7.03. The molecule has 2 heterocycles. The van der Waals surface area contributed by atoms with Crippen LogP contribution in [-0.4, -0.2) is 48.5 Å². The smallest absolute Gasteiger partial charge is 0.234 e. The fraction of sp³-hybridized carbons (Fsp3) is 0.429. The van der Waals surface area contributed by atoms with Crippen LogP contribution in [0.25, 0.3) is 0 Å². The van der Waals surface area contributed by atoms with Crippen molar-refractivity contribution in [1.29, 1.82) is 0 Å². The van der Waals surface area contributed by atoms with E-state index in [1.54, 1.807) is 12.4 Å². The molecular formula is C21H28N4O. The summed E-state index contributed by atoms with van der Waals surface area (Å²) in [5, 5.41) is 6.61. The first-order chi connectivity index (χ1) is 12.6. The van der Waals surface area contributed by atoms with Gasteiger partial charge >= 0.3 is 0 Å². The molecule has 0 saturated carbocycles. The standard InChI is InChI=1S/C21H28N4O/c1-16-5-3-4-6-19(16)21(17-7-11-22-12-8-17)24-20(26)15-25(2)18-9-13-23-14-10-18/h3-8,11-12,18,21,23H,9-10,13-15H2,1-2H3,(H,24,26)/t21-/m0/s1. The Hall–Kier alpha value is -2.24. The predicted octanol–water partition coefficient (Wildman–Crippen LogP) is 2.28. The van der Waals surface area contributed by atoms with Crippen molar-refractivity contribution >= 4 is 5.91 Å². The van der Waals surface area contributed by atoms with Crippen molar-refractivity contribution < 1.29 is 4.79 Å². The number of carbonyl (C=O) groups is 1. The molecule has 1 aliphatic rings. The number of benzene rings is 1. The predicted molar refractivity (Wildman–Crippen MR) is 104 cm³/mol. The van der Waals surface area contributed by atoms with Crippen LogP contribution in [0.15, 0.2) is 48.8 Å². The molecule has 1 amide bonds. The van der Waals surface area contributed by atoms with Crippen LogP contribution in [0.4, 0.5) is 0 Å². The number of nitrogens with one attached hydrogen (secondary N) is 2. The fourth-order valence-corrected chi connectivity index (χ4v) is 3.62. The number of likely N-dealkylation sites (N-methyl/N-ethyl adjacent to an activating group) is 1. The minimum absolute atomic E-state index is 0.0519. The molecule has 0 spiro atoms. The minimum Gasteiger partial charge on any atom is -0.344 e. The van der Waals surface area contributed by atoms with Crippen molar-refractivity contribution in [2.24, 2.45) is 0 Å². The minimum atomic E-state index is -0.159. The van der Waals surface area contributed by atoms with Gasteiger partial charge in [0.25, 0.3) is 0 Å². The summed E-state index contributed by atoms with van der Waals surface area (Å²) in [6.07, 6.45) is 5.73. The van der Waals surface area contributed by atoms with Gasteiger partial charge in [0.2, 0.25) is 5.91 Å². The molecule has 0 aliphatic carbocycles. The first kappa shape index (κ1) is 18.5. The van der Waals surface area contributed by atoms with Crippen molar-refractivity contribution in [3.8, 4) is 0 Å². The monoisotopic (exact) mass is 352 g/mol. The lowest BCUT2D eigenvalue weighted by atomic mass is 9.95. The third-order valence-electron chi connectivity index (χ3n) is 5.17. The maximum absolute atomic E-state index is 12.8. The number of piperidine rings is 1. The number of hydrogen-bond acceptors (Lipinski definition) is 4. The molecule has 138 valence electrons. The Morgan fingerprint density at radius 1 is 1.23 bits per heavy atom. The molecule has 0 unspecified atom stereocenters. The molecule has 2 N–H and O–H groups in total. The van der Waals surface area contributed by atoms with Crippen LogP contribution in [0.5, 0.6) is 0 Å². The molecule has 5 heteroatoms. The number of pyridine rings is 1. The van der Waals surface area contributed by atoms with E-state index in [0.29, 0.717) is 12.6 Å². The van der Waals surface area contributed by atoms with Gasteiger partial charge in [-0.15, -0.1) is 0 Å².